The maximum absolute atomic E-state index is 13.5. The number of carbonyl (C=O) groups excluding carboxylic acids is 1. The highest BCUT2D eigenvalue weighted by Crippen LogP contribution is 2.34. The minimum Gasteiger partial charge on any atom is -0.496 e. The van der Waals surface area contributed by atoms with E-state index in [9.17, 15) is 30.8 Å². The zero-order chi connectivity index (χ0) is 32.9. The number of aliphatic carboxylic acids is 1. The van der Waals surface area contributed by atoms with Gasteiger partial charge in [-0.25, -0.2) is 17.6 Å². The fourth-order valence-electron chi connectivity index (χ4n) is 5.13. The summed E-state index contributed by atoms with van der Waals surface area (Å²) in [5, 5.41) is 12.5. The lowest BCUT2D eigenvalue weighted by atomic mass is 9.96. The van der Waals surface area contributed by atoms with Crippen LogP contribution in [0.3, 0.4) is 0 Å². The van der Waals surface area contributed by atoms with Gasteiger partial charge in [-0.3, -0.25) is 9.48 Å². The number of carboxylic acid groups (broad SMARTS) is 1. The van der Waals surface area contributed by atoms with Gasteiger partial charge in [-0.1, -0.05) is 41.9 Å². The number of benzene rings is 2. The van der Waals surface area contributed by atoms with Gasteiger partial charge in [0, 0.05) is 12.3 Å². The number of Topliss-reactive ketones (excluding diaryl/α,β-unsaturated/α-hetero) is 1. The quantitative estimate of drug-likeness (QED) is 0.178. The Bertz CT molecular complexity index is 1790. The van der Waals surface area contributed by atoms with Gasteiger partial charge in [0.2, 0.25) is 0 Å². The average Bonchev–Trinajstić information content (AvgIpc) is 3.71. The first-order chi connectivity index (χ1) is 21.2. The van der Waals surface area contributed by atoms with Crippen molar-refractivity contribution in [3.8, 4) is 5.75 Å². The van der Waals surface area contributed by atoms with Gasteiger partial charge in [-0.15, -0.1) is 11.3 Å². The summed E-state index contributed by atoms with van der Waals surface area (Å²) in [4.78, 5) is 21.4. The van der Waals surface area contributed by atoms with Crippen LogP contribution in [0.1, 0.15) is 42.5 Å². The lowest BCUT2D eigenvalue weighted by Gasteiger charge is -2.09. The third-order valence-electron chi connectivity index (χ3n) is 7.26. The van der Waals surface area contributed by atoms with Crippen LogP contribution in [0, 0.1) is 5.92 Å². The van der Waals surface area contributed by atoms with E-state index in [0.29, 0.717) is 59.8 Å². The predicted molar refractivity (Wildman–Crippen MR) is 161 cm³/mol. The molecule has 2 atom stereocenters. The van der Waals surface area contributed by atoms with Gasteiger partial charge >= 0.3 is 12.1 Å². The van der Waals surface area contributed by atoms with E-state index in [2.05, 4.69) is 0 Å². The summed E-state index contributed by atoms with van der Waals surface area (Å²) in [7, 11) is -2.10. The molecule has 0 amide bonds. The van der Waals surface area contributed by atoms with E-state index in [0.717, 1.165) is 28.0 Å². The van der Waals surface area contributed by atoms with Crippen molar-refractivity contribution < 1.29 is 45.4 Å². The van der Waals surface area contributed by atoms with Crippen LogP contribution < -0.4 is 4.74 Å². The molecule has 242 valence electrons. The summed E-state index contributed by atoms with van der Waals surface area (Å²) in [6, 6.07) is 16.6. The van der Waals surface area contributed by atoms with Gasteiger partial charge in [0.1, 0.15) is 27.7 Å². The topological polar surface area (TPSA) is 116 Å². The molecule has 2 aromatic heterocycles. The van der Waals surface area contributed by atoms with Crippen LogP contribution in [0.4, 0.5) is 17.6 Å². The van der Waals surface area contributed by atoms with E-state index in [1.807, 2.05) is 36.4 Å². The van der Waals surface area contributed by atoms with E-state index < -0.39 is 28.2 Å². The van der Waals surface area contributed by atoms with E-state index in [-0.39, 0.29) is 21.7 Å². The molecule has 45 heavy (non-hydrogen) atoms. The molecule has 8 nitrogen and oxygen atoms in total. The van der Waals surface area contributed by atoms with Gasteiger partial charge in [0.25, 0.3) is 0 Å². The number of nitrogens with zero attached hydrogens (tertiary/aromatic N) is 2. The Morgan fingerprint density at radius 3 is 2.40 bits per heavy atom. The summed E-state index contributed by atoms with van der Waals surface area (Å²) in [5.41, 5.74) is 3.18. The Hall–Kier alpha value is -3.49. The molecule has 0 bridgehead atoms. The minimum atomic E-state index is -5.08. The number of hydrogen-bond donors (Lipinski definition) is 1. The summed E-state index contributed by atoms with van der Waals surface area (Å²) in [6.07, 6.45) is -3.45. The number of ether oxygens (including phenoxy) is 1. The number of rotatable bonds is 10. The number of sulfone groups is 1. The molecule has 1 N–H and O–H groups in total. The Morgan fingerprint density at radius 1 is 1.11 bits per heavy atom. The lowest BCUT2D eigenvalue weighted by molar-refractivity contribution is -0.192. The third kappa shape index (κ3) is 8.82. The molecule has 0 saturated heterocycles. The van der Waals surface area contributed by atoms with Gasteiger partial charge in [0.05, 0.1) is 34.6 Å². The van der Waals surface area contributed by atoms with Crippen LogP contribution in [-0.2, 0) is 38.1 Å². The van der Waals surface area contributed by atoms with Crippen molar-refractivity contribution in [1.82, 2.24) is 9.78 Å². The fourth-order valence-corrected chi connectivity index (χ4v) is 7.98. The number of alkyl halides is 4. The van der Waals surface area contributed by atoms with Crippen LogP contribution in [0.2, 0.25) is 4.34 Å². The SMILES string of the molecule is COc1cccc2c1c(CS(=O)(=O)c1ccc(Cl)s1)nn2Cc1cccc(CCC(=O)[C@H]2CC[C@H](F)C2)c1.O=C(O)C(F)(F)F. The van der Waals surface area contributed by atoms with Crippen molar-refractivity contribution >= 4 is 55.4 Å². The normalized spacial score (nSPS) is 16.8. The summed E-state index contributed by atoms with van der Waals surface area (Å²) in [6.45, 7) is 0.419. The molecular formula is C30H29ClF4N2O6S2. The van der Waals surface area contributed by atoms with Crippen molar-refractivity contribution in [3.05, 3.63) is 75.8 Å². The van der Waals surface area contributed by atoms with Crippen molar-refractivity contribution in [2.75, 3.05) is 7.11 Å². The largest absolute Gasteiger partial charge is 0.496 e. The number of carboxylic acids is 1. The number of fused-ring (bicyclic) bond motifs is 1. The number of hydrogen-bond acceptors (Lipinski definition) is 7. The smallest absolute Gasteiger partial charge is 0.490 e. The average molecular weight is 689 g/mol. The van der Waals surface area contributed by atoms with E-state index in [1.165, 1.54) is 6.07 Å². The second-order valence-corrected chi connectivity index (χ2v) is 14.4. The highest BCUT2D eigenvalue weighted by atomic mass is 35.5. The van der Waals surface area contributed by atoms with Crippen LogP contribution in [-0.4, -0.2) is 54.5 Å². The monoisotopic (exact) mass is 688 g/mol. The predicted octanol–water partition coefficient (Wildman–Crippen LogP) is 7.06. The first kappa shape index (κ1) is 34.4. The molecule has 4 aromatic rings. The zero-order valence-corrected chi connectivity index (χ0v) is 26.3. The number of methoxy groups -OCH3 is 1. The van der Waals surface area contributed by atoms with Gasteiger partial charge in [0.15, 0.2) is 9.84 Å². The maximum Gasteiger partial charge on any atom is 0.490 e. The number of aromatic nitrogens is 2. The molecule has 1 aliphatic carbocycles. The van der Waals surface area contributed by atoms with E-state index in [4.69, 9.17) is 31.3 Å². The molecule has 1 fully saturated rings. The summed E-state index contributed by atoms with van der Waals surface area (Å²) < 4.78 is 79.4. The molecule has 0 aliphatic heterocycles. The summed E-state index contributed by atoms with van der Waals surface area (Å²) in [5.74, 6) is -2.50. The zero-order valence-electron chi connectivity index (χ0n) is 23.9. The standard InChI is InChI=1S/C28H28ClFN2O4S2.C2HF3O2/c1-36-25-7-3-6-23-28(25)22(17-38(34,35)27-13-12-26(29)37-27)31-32(23)16-19-5-2-4-18(14-19)8-11-24(33)20-9-10-21(30)15-20;3-2(4,5)1(6)7/h2-7,12-14,20-21H,8-11,15-17H2,1H3;(H,6,7)/t20-,21-;/m0./s1. The molecule has 1 saturated carbocycles. The molecule has 2 heterocycles. The molecular weight excluding hydrogens is 660 g/mol. The van der Waals surface area contributed by atoms with Gasteiger partial charge in [-0.05, 0) is 61.1 Å². The van der Waals surface area contributed by atoms with Crippen molar-refractivity contribution in [1.29, 1.82) is 0 Å². The molecule has 0 unspecified atom stereocenters. The van der Waals surface area contributed by atoms with E-state index >= 15 is 0 Å². The Labute approximate surface area is 265 Å². The maximum atomic E-state index is 13.5. The van der Waals surface area contributed by atoms with Gasteiger partial charge < -0.3 is 9.84 Å². The van der Waals surface area contributed by atoms with Crippen LogP contribution in [0.25, 0.3) is 10.9 Å². The van der Waals surface area contributed by atoms with Crippen molar-refractivity contribution in [2.45, 2.75) is 61.0 Å². The first-order valence-electron chi connectivity index (χ1n) is 13.7. The molecule has 0 spiro atoms. The number of ketones is 1. The first-order valence-corrected chi connectivity index (χ1v) is 16.6. The Balaban J connectivity index is 0.000000591. The minimum absolute atomic E-state index is 0.138. The number of aryl methyl sites for hydroxylation is 1. The molecule has 1 aliphatic rings. The number of carbonyl (C=O) groups is 2. The van der Waals surface area contributed by atoms with Gasteiger partial charge in [-0.2, -0.15) is 18.3 Å². The van der Waals surface area contributed by atoms with E-state index in [1.54, 1.807) is 23.9 Å². The number of halogens is 5. The molecule has 2 aromatic carbocycles. The highest BCUT2D eigenvalue weighted by molar-refractivity contribution is 7.92. The second-order valence-electron chi connectivity index (χ2n) is 10.5. The summed E-state index contributed by atoms with van der Waals surface area (Å²) >= 11 is 7.00. The van der Waals surface area contributed by atoms with Crippen LogP contribution in [0.15, 0.2) is 58.8 Å². The molecule has 0 radical (unpaired) electrons. The van der Waals surface area contributed by atoms with Crippen LogP contribution in [0.5, 0.6) is 5.75 Å². The Kier molecular flexibility index (Phi) is 10.9. The fraction of sp³-hybridized carbons (Fsp3) is 0.367. The lowest BCUT2D eigenvalue weighted by Crippen LogP contribution is -2.21. The van der Waals surface area contributed by atoms with Crippen molar-refractivity contribution in [2.24, 2.45) is 5.92 Å². The molecule has 5 rings (SSSR count). The third-order valence-corrected chi connectivity index (χ3v) is 10.7. The van der Waals surface area contributed by atoms with Crippen molar-refractivity contribution in [3.63, 3.8) is 0 Å². The highest BCUT2D eigenvalue weighted by Gasteiger charge is 2.38. The number of thiophene rings is 1. The molecule has 15 heteroatoms. The van der Waals surface area contributed by atoms with Crippen LogP contribution >= 0.6 is 22.9 Å². The second kappa shape index (κ2) is 14.3. The Morgan fingerprint density at radius 2 is 1.80 bits per heavy atom.